The van der Waals surface area contributed by atoms with Gasteiger partial charge in [-0.15, -0.1) is 0 Å². The van der Waals surface area contributed by atoms with E-state index in [9.17, 15) is 9.59 Å². The van der Waals surface area contributed by atoms with Gasteiger partial charge in [-0.2, -0.15) is 0 Å². The third-order valence-corrected chi connectivity index (χ3v) is 7.44. The molecule has 2 heterocycles. The number of carbonyl (C=O) groups excluding carboxylic acids is 2. The third kappa shape index (κ3) is 6.99. The Hall–Kier alpha value is -4.25. The average molecular weight is 518 g/mol. The number of nitrogens with zero attached hydrogens (tertiary/aromatic N) is 2. The molecule has 5 heteroatoms. The molecular weight excluding hydrogens is 482 g/mol. The van der Waals surface area contributed by atoms with Gasteiger partial charge >= 0.3 is 0 Å². The molecule has 198 valence electrons. The summed E-state index contributed by atoms with van der Waals surface area (Å²) in [7, 11) is 0. The van der Waals surface area contributed by atoms with E-state index in [1.165, 1.54) is 18.5 Å². The highest BCUT2D eigenvalue weighted by Gasteiger charge is 2.16. The summed E-state index contributed by atoms with van der Waals surface area (Å²) in [4.78, 5) is 32.1. The molecule has 0 bridgehead atoms. The predicted molar refractivity (Wildman–Crippen MR) is 158 cm³/mol. The number of carbonyl (C=O) groups is 2. The molecule has 0 unspecified atom stereocenters. The van der Waals surface area contributed by atoms with E-state index in [1.54, 1.807) is 6.07 Å². The second-order valence-electron chi connectivity index (χ2n) is 10.6. The van der Waals surface area contributed by atoms with Crippen molar-refractivity contribution < 1.29 is 9.59 Å². The number of aryl methyl sites for hydroxylation is 1. The van der Waals surface area contributed by atoms with Crippen molar-refractivity contribution in [3.8, 4) is 0 Å². The van der Waals surface area contributed by atoms with Crippen LogP contribution in [0, 0.1) is 12.8 Å². The molecule has 0 radical (unpaired) electrons. The number of benzene rings is 3. The number of Topliss-reactive ketones (excluding diaryl/α,β-unsaturated/α-hetero) is 2. The number of nitrogens with one attached hydrogen (secondary N) is 1. The summed E-state index contributed by atoms with van der Waals surface area (Å²) in [6.07, 6.45) is 3.15. The van der Waals surface area contributed by atoms with Crippen molar-refractivity contribution in [1.82, 2.24) is 4.98 Å². The Kier molecular flexibility index (Phi) is 8.16. The van der Waals surface area contributed by atoms with Gasteiger partial charge in [-0.1, -0.05) is 37.3 Å². The summed E-state index contributed by atoms with van der Waals surface area (Å²) in [5.41, 5.74) is 7.11. The Morgan fingerprint density at radius 1 is 0.769 bits per heavy atom. The van der Waals surface area contributed by atoms with Crippen LogP contribution >= 0.6 is 0 Å². The molecule has 5 rings (SSSR count). The van der Waals surface area contributed by atoms with Gasteiger partial charge in [0, 0.05) is 54.3 Å². The summed E-state index contributed by atoms with van der Waals surface area (Å²) in [5.74, 6) is 0.937. The van der Waals surface area contributed by atoms with Crippen LogP contribution in [0.15, 0.2) is 91.0 Å². The molecule has 1 saturated heterocycles. The number of hydrogen-bond acceptors (Lipinski definition) is 5. The van der Waals surface area contributed by atoms with Crippen LogP contribution in [0.4, 0.5) is 17.1 Å². The molecule has 1 N–H and O–H groups in total. The zero-order valence-electron chi connectivity index (χ0n) is 22.7. The predicted octanol–water partition coefficient (Wildman–Crippen LogP) is 7.22. The van der Waals surface area contributed by atoms with Crippen LogP contribution in [-0.4, -0.2) is 29.6 Å². The monoisotopic (exact) mass is 517 g/mol. The lowest BCUT2D eigenvalue weighted by Crippen LogP contribution is -2.32. The van der Waals surface area contributed by atoms with Crippen molar-refractivity contribution >= 4 is 28.6 Å². The molecule has 0 amide bonds. The van der Waals surface area contributed by atoms with Gasteiger partial charge in [0.2, 0.25) is 0 Å². The van der Waals surface area contributed by atoms with Gasteiger partial charge in [0.15, 0.2) is 11.6 Å². The highest BCUT2D eigenvalue weighted by atomic mass is 16.1. The molecule has 0 saturated carbocycles. The lowest BCUT2D eigenvalue weighted by Gasteiger charge is -2.32. The number of piperidine rings is 1. The molecule has 1 aliphatic rings. The van der Waals surface area contributed by atoms with Crippen LogP contribution in [-0.2, 0) is 12.8 Å². The fourth-order valence-electron chi connectivity index (χ4n) is 4.97. The number of rotatable bonds is 9. The summed E-state index contributed by atoms with van der Waals surface area (Å²) >= 11 is 0. The minimum atomic E-state index is 0.0113. The number of ketones is 2. The average Bonchev–Trinajstić information content (AvgIpc) is 2.95. The summed E-state index contributed by atoms with van der Waals surface area (Å²) < 4.78 is 0. The van der Waals surface area contributed by atoms with Crippen LogP contribution in [0.5, 0.6) is 0 Å². The maximum absolute atomic E-state index is 12.9. The molecule has 0 atom stereocenters. The smallest absolute Gasteiger partial charge is 0.185 e. The Bertz CT molecular complexity index is 1420. The van der Waals surface area contributed by atoms with E-state index in [1.807, 2.05) is 79.7 Å². The van der Waals surface area contributed by atoms with Gasteiger partial charge in [-0.05, 0) is 97.5 Å². The zero-order chi connectivity index (χ0) is 27.2. The summed E-state index contributed by atoms with van der Waals surface area (Å²) in [6, 6.07) is 29.4. The molecule has 1 fully saturated rings. The van der Waals surface area contributed by atoms with Crippen molar-refractivity contribution in [2.75, 3.05) is 23.3 Å². The van der Waals surface area contributed by atoms with Gasteiger partial charge in [-0.25, -0.2) is 0 Å². The van der Waals surface area contributed by atoms with Crippen molar-refractivity contribution in [3.63, 3.8) is 0 Å². The first-order chi connectivity index (χ1) is 18.9. The molecule has 0 aliphatic carbocycles. The fourth-order valence-corrected chi connectivity index (χ4v) is 4.97. The minimum absolute atomic E-state index is 0.0113. The molecule has 1 aliphatic heterocycles. The van der Waals surface area contributed by atoms with Gasteiger partial charge in [0.05, 0.1) is 0 Å². The second-order valence-corrected chi connectivity index (χ2v) is 10.6. The highest BCUT2D eigenvalue weighted by Crippen LogP contribution is 2.24. The van der Waals surface area contributed by atoms with E-state index in [4.69, 9.17) is 0 Å². The number of anilines is 3. The Balaban J connectivity index is 1.13. The molecule has 1 aromatic heterocycles. The first-order valence-corrected chi connectivity index (χ1v) is 13.7. The Morgan fingerprint density at radius 3 is 1.90 bits per heavy atom. The third-order valence-electron chi connectivity index (χ3n) is 7.44. The van der Waals surface area contributed by atoms with Crippen LogP contribution in [0.3, 0.4) is 0 Å². The van der Waals surface area contributed by atoms with Crippen molar-refractivity contribution in [3.05, 3.63) is 119 Å². The Labute approximate surface area is 230 Å². The molecular formula is C34H35N3O2. The molecule has 5 nitrogen and oxygen atoms in total. The summed E-state index contributed by atoms with van der Waals surface area (Å²) in [5, 5.41) is 3.39. The van der Waals surface area contributed by atoms with E-state index in [0.717, 1.165) is 52.8 Å². The SMILES string of the molecule is Cc1cccc(C(=O)Cc2ccc(Nc3ccc(CC(=O)c4ccc(N5CCC(C)CC5)cc4)cc3)cc2)n1. The van der Waals surface area contributed by atoms with Crippen LogP contribution in [0.25, 0.3) is 0 Å². The van der Waals surface area contributed by atoms with E-state index in [-0.39, 0.29) is 11.6 Å². The zero-order valence-corrected chi connectivity index (χ0v) is 22.7. The van der Waals surface area contributed by atoms with Crippen LogP contribution < -0.4 is 10.2 Å². The van der Waals surface area contributed by atoms with E-state index < -0.39 is 0 Å². The number of hydrogen-bond donors (Lipinski definition) is 1. The highest BCUT2D eigenvalue weighted by molar-refractivity contribution is 5.98. The van der Waals surface area contributed by atoms with Crippen molar-refractivity contribution in [2.45, 2.75) is 39.5 Å². The largest absolute Gasteiger partial charge is 0.372 e. The molecule has 0 spiro atoms. The standard InChI is InChI=1S/C34H35N3O2/c1-24-18-20-37(21-19-24)31-16-10-28(11-17-31)33(38)22-26-6-12-29(13-7-26)36-30-14-8-27(9-15-30)23-34(39)32-5-3-4-25(2)35-32/h3-17,24,36H,18-23H2,1-2H3. The quantitative estimate of drug-likeness (QED) is 0.238. The first-order valence-electron chi connectivity index (χ1n) is 13.7. The normalized spacial score (nSPS) is 13.7. The van der Waals surface area contributed by atoms with Gasteiger partial charge in [-0.3, -0.25) is 14.6 Å². The van der Waals surface area contributed by atoms with Crippen molar-refractivity contribution in [1.29, 1.82) is 0 Å². The van der Waals surface area contributed by atoms with Crippen molar-refractivity contribution in [2.24, 2.45) is 5.92 Å². The van der Waals surface area contributed by atoms with E-state index in [2.05, 4.69) is 34.3 Å². The molecule has 3 aromatic carbocycles. The Morgan fingerprint density at radius 2 is 1.33 bits per heavy atom. The topological polar surface area (TPSA) is 62.3 Å². The maximum atomic E-state index is 12.9. The minimum Gasteiger partial charge on any atom is -0.372 e. The van der Waals surface area contributed by atoms with Crippen LogP contribution in [0.1, 0.15) is 57.4 Å². The fraction of sp³-hybridized carbons (Fsp3) is 0.265. The van der Waals surface area contributed by atoms with Crippen LogP contribution in [0.2, 0.25) is 0 Å². The van der Waals surface area contributed by atoms with Gasteiger partial charge < -0.3 is 10.2 Å². The maximum Gasteiger partial charge on any atom is 0.185 e. The van der Waals surface area contributed by atoms with E-state index >= 15 is 0 Å². The second kappa shape index (κ2) is 12.1. The lowest BCUT2D eigenvalue weighted by atomic mass is 9.98. The van der Waals surface area contributed by atoms with Gasteiger partial charge in [0.25, 0.3) is 0 Å². The first kappa shape index (κ1) is 26.4. The van der Waals surface area contributed by atoms with E-state index in [0.29, 0.717) is 18.5 Å². The molecule has 39 heavy (non-hydrogen) atoms. The summed E-state index contributed by atoms with van der Waals surface area (Å²) in [6.45, 7) is 6.38. The van der Waals surface area contributed by atoms with Gasteiger partial charge in [0.1, 0.15) is 5.69 Å². The number of aromatic nitrogens is 1. The number of pyridine rings is 1. The lowest BCUT2D eigenvalue weighted by molar-refractivity contribution is 0.0982. The molecule has 4 aromatic rings.